The normalized spacial score (nSPS) is 27.1. The number of likely N-dealkylation sites (N-methyl/N-ethyl adjacent to an activating group) is 1. The molecule has 1 saturated heterocycles. The average molecular weight is 201 g/mol. The van der Waals surface area contributed by atoms with E-state index in [-0.39, 0.29) is 6.10 Å². The zero-order valence-electron chi connectivity index (χ0n) is 8.90. The molecule has 1 aliphatic rings. The third kappa shape index (κ3) is 3.27. The van der Waals surface area contributed by atoms with Crippen molar-refractivity contribution in [1.29, 1.82) is 0 Å². The van der Waals surface area contributed by atoms with Gasteiger partial charge in [-0.25, -0.2) is 4.79 Å². The summed E-state index contributed by atoms with van der Waals surface area (Å²) in [5.74, 6) is -0.828. The van der Waals surface area contributed by atoms with Gasteiger partial charge in [-0.1, -0.05) is 6.92 Å². The summed E-state index contributed by atoms with van der Waals surface area (Å²) in [6.07, 6.45) is 2.17. The molecule has 0 unspecified atom stereocenters. The van der Waals surface area contributed by atoms with E-state index in [0.29, 0.717) is 6.42 Å². The second-order valence-electron chi connectivity index (χ2n) is 3.92. The van der Waals surface area contributed by atoms with Crippen molar-refractivity contribution in [2.45, 2.75) is 38.4 Å². The summed E-state index contributed by atoms with van der Waals surface area (Å²) < 4.78 is 5.40. The largest absolute Gasteiger partial charge is 0.479 e. The van der Waals surface area contributed by atoms with Crippen molar-refractivity contribution in [2.24, 2.45) is 0 Å². The molecule has 0 bridgehead atoms. The van der Waals surface area contributed by atoms with Crippen LogP contribution in [0.5, 0.6) is 0 Å². The summed E-state index contributed by atoms with van der Waals surface area (Å²) in [6, 6.07) is 0. The lowest BCUT2D eigenvalue weighted by molar-refractivity contribution is -0.149. The number of ether oxygens (including phenoxy) is 1. The highest BCUT2D eigenvalue weighted by Gasteiger charge is 2.30. The van der Waals surface area contributed by atoms with Crippen LogP contribution >= 0.6 is 0 Å². The molecule has 0 aromatic heterocycles. The van der Waals surface area contributed by atoms with Gasteiger partial charge >= 0.3 is 5.97 Å². The Kier molecular flexibility index (Phi) is 4.35. The van der Waals surface area contributed by atoms with Crippen molar-refractivity contribution in [3.05, 3.63) is 0 Å². The van der Waals surface area contributed by atoms with Gasteiger partial charge in [0, 0.05) is 6.54 Å². The first-order chi connectivity index (χ1) is 6.63. The van der Waals surface area contributed by atoms with E-state index in [0.717, 1.165) is 25.9 Å². The van der Waals surface area contributed by atoms with Gasteiger partial charge in [0.1, 0.15) is 0 Å². The Bertz CT molecular complexity index is 196. The van der Waals surface area contributed by atoms with E-state index in [1.54, 1.807) is 0 Å². The highest BCUT2D eigenvalue weighted by molar-refractivity contribution is 5.72. The average Bonchev–Trinajstić information content (AvgIpc) is 2.53. The molecule has 1 heterocycles. The maximum absolute atomic E-state index is 10.6. The summed E-state index contributed by atoms with van der Waals surface area (Å²) in [7, 11) is 2.04. The molecule has 0 aliphatic carbocycles. The van der Waals surface area contributed by atoms with E-state index in [4.69, 9.17) is 9.84 Å². The molecule has 4 nitrogen and oxygen atoms in total. The fourth-order valence-electron chi connectivity index (χ4n) is 1.84. The van der Waals surface area contributed by atoms with Crippen molar-refractivity contribution in [1.82, 2.24) is 4.90 Å². The van der Waals surface area contributed by atoms with Gasteiger partial charge in [0.15, 0.2) is 6.10 Å². The highest BCUT2D eigenvalue weighted by atomic mass is 16.5. The molecule has 82 valence electrons. The van der Waals surface area contributed by atoms with E-state index in [1.165, 1.54) is 0 Å². The number of carbonyl (C=O) groups is 1. The van der Waals surface area contributed by atoms with E-state index in [1.807, 2.05) is 7.05 Å². The molecule has 1 rings (SSSR count). The van der Waals surface area contributed by atoms with Gasteiger partial charge < -0.3 is 14.7 Å². The molecule has 1 fully saturated rings. The molecule has 1 N–H and O–H groups in total. The van der Waals surface area contributed by atoms with Crippen molar-refractivity contribution in [3.8, 4) is 0 Å². The zero-order chi connectivity index (χ0) is 10.6. The van der Waals surface area contributed by atoms with E-state index in [2.05, 4.69) is 11.8 Å². The topological polar surface area (TPSA) is 49.8 Å². The predicted molar refractivity (Wildman–Crippen MR) is 53.3 cm³/mol. The lowest BCUT2D eigenvalue weighted by Gasteiger charge is -2.19. The van der Waals surface area contributed by atoms with Gasteiger partial charge in [0.2, 0.25) is 0 Å². The minimum atomic E-state index is -0.828. The van der Waals surface area contributed by atoms with Crippen LogP contribution < -0.4 is 0 Å². The fraction of sp³-hybridized carbons (Fsp3) is 0.900. The number of hydrogen-bond acceptors (Lipinski definition) is 3. The first-order valence-electron chi connectivity index (χ1n) is 5.20. The van der Waals surface area contributed by atoms with E-state index >= 15 is 0 Å². The van der Waals surface area contributed by atoms with Crippen LogP contribution in [0, 0.1) is 0 Å². The van der Waals surface area contributed by atoms with Crippen LogP contribution in [0.1, 0.15) is 26.2 Å². The second-order valence-corrected chi connectivity index (χ2v) is 3.92. The summed E-state index contributed by atoms with van der Waals surface area (Å²) in [6.45, 7) is 4.02. The molecule has 0 radical (unpaired) electrons. The van der Waals surface area contributed by atoms with E-state index < -0.39 is 12.1 Å². The molecule has 14 heavy (non-hydrogen) atoms. The summed E-state index contributed by atoms with van der Waals surface area (Å²) in [5, 5.41) is 8.73. The maximum atomic E-state index is 10.6. The first kappa shape index (κ1) is 11.5. The standard InChI is InChI=1S/C10H19NO3/c1-3-6-11(2)7-8-4-5-9(14-8)10(12)13/h8-9H,3-7H2,1-2H3,(H,12,13)/t8-,9+/m0/s1. The van der Waals surface area contributed by atoms with Crippen molar-refractivity contribution in [2.75, 3.05) is 20.1 Å². The number of carboxylic acid groups (broad SMARTS) is 1. The monoisotopic (exact) mass is 201 g/mol. The Morgan fingerprint density at radius 2 is 2.29 bits per heavy atom. The van der Waals surface area contributed by atoms with Crippen LogP contribution in [0.4, 0.5) is 0 Å². The van der Waals surface area contributed by atoms with Gasteiger partial charge in [0.25, 0.3) is 0 Å². The first-order valence-corrected chi connectivity index (χ1v) is 5.20. The lowest BCUT2D eigenvalue weighted by Crippen LogP contribution is -2.31. The SMILES string of the molecule is CCCN(C)C[C@@H]1CC[C@H](C(=O)O)O1. The van der Waals surface area contributed by atoms with Crippen LogP contribution in [0.3, 0.4) is 0 Å². The molecule has 1 aliphatic heterocycles. The molecule has 0 amide bonds. The van der Waals surface area contributed by atoms with Crippen LogP contribution in [-0.2, 0) is 9.53 Å². The third-order valence-electron chi connectivity index (χ3n) is 2.50. The van der Waals surface area contributed by atoms with Crippen molar-refractivity contribution in [3.63, 3.8) is 0 Å². The van der Waals surface area contributed by atoms with Gasteiger partial charge in [-0.05, 0) is 32.9 Å². The summed E-state index contributed by atoms with van der Waals surface area (Å²) in [4.78, 5) is 12.8. The quantitative estimate of drug-likeness (QED) is 0.719. The maximum Gasteiger partial charge on any atom is 0.332 e. The molecule has 0 aromatic rings. The Labute approximate surface area is 84.8 Å². The minimum absolute atomic E-state index is 0.104. The van der Waals surface area contributed by atoms with Gasteiger partial charge in [0.05, 0.1) is 6.10 Å². The van der Waals surface area contributed by atoms with Crippen molar-refractivity contribution >= 4 is 5.97 Å². The third-order valence-corrected chi connectivity index (χ3v) is 2.50. The lowest BCUT2D eigenvalue weighted by atomic mass is 10.2. The second kappa shape index (κ2) is 5.32. The van der Waals surface area contributed by atoms with Crippen LogP contribution in [0.15, 0.2) is 0 Å². The zero-order valence-corrected chi connectivity index (χ0v) is 8.90. The fourth-order valence-corrected chi connectivity index (χ4v) is 1.84. The molecule has 0 spiro atoms. The molecular weight excluding hydrogens is 182 g/mol. The van der Waals surface area contributed by atoms with Crippen LogP contribution in [0.25, 0.3) is 0 Å². The number of nitrogens with zero attached hydrogens (tertiary/aromatic N) is 1. The molecule has 0 saturated carbocycles. The number of aliphatic carboxylic acids is 1. The molecule has 2 atom stereocenters. The smallest absolute Gasteiger partial charge is 0.332 e. The van der Waals surface area contributed by atoms with Crippen LogP contribution in [-0.4, -0.2) is 48.3 Å². The van der Waals surface area contributed by atoms with E-state index in [9.17, 15) is 4.79 Å². The van der Waals surface area contributed by atoms with Gasteiger partial charge in [-0.15, -0.1) is 0 Å². The van der Waals surface area contributed by atoms with Gasteiger partial charge in [-0.2, -0.15) is 0 Å². The number of carboxylic acids is 1. The summed E-state index contributed by atoms with van der Waals surface area (Å²) >= 11 is 0. The Morgan fingerprint density at radius 1 is 1.57 bits per heavy atom. The molecular formula is C10H19NO3. The molecule has 4 heteroatoms. The summed E-state index contributed by atoms with van der Waals surface area (Å²) in [5.41, 5.74) is 0. The number of hydrogen-bond donors (Lipinski definition) is 1. The van der Waals surface area contributed by atoms with Crippen molar-refractivity contribution < 1.29 is 14.6 Å². The number of rotatable bonds is 5. The highest BCUT2D eigenvalue weighted by Crippen LogP contribution is 2.20. The minimum Gasteiger partial charge on any atom is -0.479 e. The Balaban J connectivity index is 2.25. The Morgan fingerprint density at radius 3 is 2.79 bits per heavy atom. The van der Waals surface area contributed by atoms with Gasteiger partial charge in [-0.3, -0.25) is 0 Å². The Hall–Kier alpha value is -0.610. The predicted octanol–water partition coefficient (Wildman–Crippen LogP) is 0.960. The van der Waals surface area contributed by atoms with Crippen LogP contribution in [0.2, 0.25) is 0 Å². The molecule has 0 aromatic carbocycles.